The number of hydrogen-bond acceptors (Lipinski definition) is 5. The molecule has 0 amide bonds. The van der Waals surface area contributed by atoms with Gasteiger partial charge in [-0.1, -0.05) is 13.8 Å². The van der Waals surface area contributed by atoms with E-state index in [4.69, 9.17) is 4.74 Å². The van der Waals surface area contributed by atoms with Crippen LogP contribution in [0.5, 0.6) is 0 Å². The van der Waals surface area contributed by atoms with Gasteiger partial charge in [-0.15, -0.1) is 11.3 Å². The highest BCUT2D eigenvalue weighted by molar-refractivity contribution is 7.91. The van der Waals surface area contributed by atoms with Crippen LogP contribution >= 0.6 is 11.3 Å². The second-order valence-electron chi connectivity index (χ2n) is 5.63. The summed E-state index contributed by atoms with van der Waals surface area (Å²) in [5.41, 5.74) is 1.01. The van der Waals surface area contributed by atoms with Gasteiger partial charge in [0.1, 0.15) is 4.21 Å². The van der Waals surface area contributed by atoms with E-state index in [0.29, 0.717) is 23.3 Å². The summed E-state index contributed by atoms with van der Waals surface area (Å²) in [6.45, 7) is 6.06. The highest BCUT2D eigenvalue weighted by Crippen LogP contribution is 2.20. The monoisotopic (exact) mass is 332 g/mol. The largest absolute Gasteiger partial charge is 0.378 e. The van der Waals surface area contributed by atoms with Crippen molar-refractivity contribution in [1.29, 1.82) is 0 Å². The first-order valence-corrected chi connectivity index (χ1v) is 9.76. The Bertz CT molecular complexity index is 534. The van der Waals surface area contributed by atoms with Crippen molar-refractivity contribution in [3.05, 3.63) is 17.0 Å². The molecule has 1 atom stereocenters. The molecule has 21 heavy (non-hydrogen) atoms. The van der Waals surface area contributed by atoms with Gasteiger partial charge < -0.3 is 10.1 Å². The summed E-state index contributed by atoms with van der Waals surface area (Å²) < 4.78 is 32.9. The summed E-state index contributed by atoms with van der Waals surface area (Å²) >= 11 is 1.27. The first-order valence-electron chi connectivity index (χ1n) is 7.39. The minimum absolute atomic E-state index is 0.210. The Kier molecular flexibility index (Phi) is 6.19. The van der Waals surface area contributed by atoms with E-state index in [1.807, 2.05) is 5.38 Å². The molecule has 0 aromatic carbocycles. The van der Waals surface area contributed by atoms with Gasteiger partial charge in [-0.3, -0.25) is 0 Å². The fourth-order valence-corrected chi connectivity index (χ4v) is 4.51. The molecule has 1 aliphatic heterocycles. The van der Waals surface area contributed by atoms with E-state index in [9.17, 15) is 8.42 Å². The molecule has 1 aromatic heterocycles. The Balaban J connectivity index is 1.83. The zero-order valence-corrected chi connectivity index (χ0v) is 14.2. The summed E-state index contributed by atoms with van der Waals surface area (Å²) in [6, 6.07) is 2.13. The molecule has 2 N–H and O–H groups in total. The second-order valence-corrected chi connectivity index (χ2v) is 8.54. The molecule has 1 aliphatic rings. The Morgan fingerprint density at radius 1 is 1.48 bits per heavy atom. The van der Waals surface area contributed by atoms with E-state index in [-0.39, 0.29) is 6.10 Å². The molecule has 1 aromatic rings. The fraction of sp³-hybridized carbons (Fsp3) is 0.714. The fourth-order valence-electron chi connectivity index (χ4n) is 2.21. The Morgan fingerprint density at radius 2 is 2.29 bits per heavy atom. The maximum absolute atomic E-state index is 12.2. The summed E-state index contributed by atoms with van der Waals surface area (Å²) in [5, 5.41) is 5.17. The van der Waals surface area contributed by atoms with Crippen molar-refractivity contribution in [3.8, 4) is 0 Å². The summed E-state index contributed by atoms with van der Waals surface area (Å²) in [7, 11) is -3.38. The van der Waals surface area contributed by atoms with E-state index in [0.717, 1.165) is 31.4 Å². The van der Waals surface area contributed by atoms with Gasteiger partial charge in [-0.25, -0.2) is 13.1 Å². The molecule has 1 saturated heterocycles. The number of nitrogens with one attached hydrogen (secondary N) is 2. The van der Waals surface area contributed by atoms with Gasteiger partial charge in [0.05, 0.1) is 6.10 Å². The van der Waals surface area contributed by atoms with Gasteiger partial charge in [0.15, 0.2) is 0 Å². The lowest BCUT2D eigenvalue weighted by atomic mass is 10.2. The third kappa shape index (κ3) is 5.34. The van der Waals surface area contributed by atoms with Crippen molar-refractivity contribution in [2.45, 2.75) is 56.0 Å². The number of thiophene rings is 1. The molecule has 0 aliphatic carbocycles. The Morgan fingerprint density at radius 3 is 2.95 bits per heavy atom. The Labute approximate surface area is 131 Å². The van der Waals surface area contributed by atoms with Crippen molar-refractivity contribution in [2.24, 2.45) is 0 Å². The molecule has 0 spiro atoms. The van der Waals surface area contributed by atoms with Gasteiger partial charge in [-0.05, 0) is 36.3 Å². The summed E-state index contributed by atoms with van der Waals surface area (Å²) in [4.78, 5) is 0. The van der Waals surface area contributed by atoms with Gasteiger partial charge >= 0.3 is 0 Å². The maximum atomic E-state index is 12.2. The van der Waals surface area contributed by atoms with Crippen LogP contribution in [0.4, 0.5) is 0 Å². The molecule has 2 heterocycles. The molecule has 5 nitrogen and oxygen atoms in total. The van der Waals surface area contributed by atoms with Crippen LogP contribution in [0.3, 0.4) is 0 Å². The lowest BCUT2D eigenvalue weighted by Gasteiger charge is -2.09. The van der Waals surface area contributed by atoms with Gasteiger partial charge in [0.25, 0.3) is 0 Å². The van der Waals surface area contributed by atoms with Crippen LogP contribution in [0.25, 0.3) is 0 Å². The predicted molar refractivity (Wildman–Crippen MR) is 85.1 cm³/mol. The molecule has 0 saturated carbocycles. The minimum Gasteiger partial charge on any atom is -0.378 e. The maximum Gasteiger partial charge on any atom is 0.250 e. The van der Waals surface area contributed by atoms with Gasteiger partial charge in [0.2, 0.25) is 10.0 Å². The third-order valence-electron chi connectivity index (χ3n) is 3.39. The van der Waals surface area contributed by atoms with E-state index in [1.54, 1.807) is 6.07 Å². The average molecular weight is 332 g/mol. The lowest BCUT2D eigenvalue weighted by Crippen LogP contribution is -2.26. The molecule has 0 bridgehead atoms. The van der Waals surface area contributed by atoms with Crippen LogP contribution < -0.4 is 10.0 Å². The SMILES string of the molecule is CC(C)NCc1csc(S(=O)(=O)NCCC2CCCO2)c1. The molecule has 1 fully saturated rings. The molecule has 2 rings (SSSR count). The molecule has 1 unspecified atom stereocenters. The van der Waals surface area contributed by atoms with Crippen molar-refractivity contribution >= 4 is 21.4 Å². The van der Waals surface area contributed by atoms with E-state index >= 15 is 0 Å². The molecule has 120 valence electrons. The average Bonchev–Trinajstić information content (AvgIpc) is 3.07. The van der Waals surface area contributed by atoms with E-state index < -0.39 is 10.0 Å². The molecular weight excluding hydrogens is 308 g/mol. The standard InChI is InChI=1S/C14H24N2O3S2/c1-11(2)15-9-12-8-14(20-10-12)21(17,18)16-6-5-13-4-3-7-19-13/h8,10-11,13,15-16H,3-7,9H2,1-2H3. The Hall–Kier alpha value is -0.470. The van der Waals surface area contributed by atoms with Gasteiger partial charge in [0, 0.05) is 25.7 Å². The lowest BCUT2D eigenvalue weighted by molar-refractivity contribution is 0.105. The number of ether oxygens (including phenoxy) is 1. The number of rotatable bonds is 8. The van der Waals surface area contributed by atoms with E-state index in [1.165, 1.54) is 11.3 Å². The normalized spacial score (nSPS) is 19.5. The van der Waals surface area contributed by atoms with Crippen LogP contribution in [-0.2, 0) is 21.3 Å². The quantitative estimate of drug-likeness (QED) is 0.765. The minimum atomic E-state index is -3.38. The van der Waals surface area contributed by atoms with Crippen molar-refractivity contribution in [3.63, 3.8) is 0 Å². The van der Waals surface area contributed by atoms with Crippen LogP contribution in [0, 0.1) is 0 Å². The third-order valence-corrected chi connectivity index (χ3v) is 6.34. The number of hydrogen-bond donors (Lipinski definition) is 2. The second kappa shape index (κ2) is 7.69. The zero-order chi connectivity index (χ0) is 15.3. The summed E-state index contributed by atoms with van der Waals surface area (Å²) in [5.74, 6) is 0. The van der Waals surface area contributed by atoms with Crippen molar-refractivity contribution in [2.75, 3.05) is 13.2 Å². The first kappa shape index (κ1) is 16.9. The van der Waals surface area contributed by atoms with Crippen LogP contribution in [0.2, 0.25) is 0 Å². The first-order chi connectivity index (χ1) is 9.97. The predicted octanol–water partition coefficient (Wildman–Crippen LogP) is 2.09. The van der Waals surface area contributed by atoms with Crippen LogP contribution in [-0.4, -0.2) is 33.7 Å². The van der Waals surface area contributed by atoms with Crippen molar-refractivity contribution in [1.82, 2.24) is 10.0 Å². The highest BCUT2D eigenvalue weighted by Gasteiger charge is 2.19. The molecular formula is C14H24N2O3S2. The van der Waals surface area contributed by atoms with E-state index in [2.05, 4.69) is 23.9 Å². The van der Waals surface area contributed by atoms with Crippen LogP contribution in [0.1, 0.15) is 38.7 Å². The summed E-state index contributed by atoms with van der Waals surface area (Å²) in [6.07, 6.45) is 3.06. The van der Waals surface area contributed by atoms with Gasteiger partial charge in [-0.2, -0.15) is 0 Å². The van der Waals surface area contributed by atoms with Crippen molar-refractivity contribution < 1.29 is 13.2 Å². The number of sulfonamides is 1. The van der Waals surface area contributed by atoms with Crippen LogP contribution in [0.15, 0.2) is 15.7 Å². The molecule has 0 radical (unpaired) electrons. The highest BCUT2D eigenvalue weighted by atomic mass is 32.2. The topological polar surface area (TPSA) is 67.4 Å². The zero-order valence-electron chi connectivity index (χ0n) is 12.6. The smallest absolute Gasteiger partial charge is 0.250 e. The molecule has 7 heteroatoms.